The van der Waals surface area contributed by atoms with Gasteiger partial charge in [0.15, 0.2) is 0 Å². The van der Waals surface area contributed by atoms with E-state index >= 15 is 0 Å². The average Bonchev–Trinajstić information content (AvgIpc) is 2.06. The van der Waals surface area contributed by atoms with Gasteiger partial charge in [-0.05, 0) is 26.4 Å². The summed E-state index contributed by atoms with van der Waals surface area (Å²) < 4.78 is 0. The van der Waals surface area contributed by atoms with Crippen LogP contribution in [-0.4, -0.2) is 41.1 Å². The van der Waals surface area contributed by atoms with Gasteiger partial charge in [0, 0.05) is 11.9 Å². The smallest absolute Gasteiger partial charge is 0.0690 e. The van der Waals surface area contributed by atoms with E-state index in [9.17, 15) is 5.11 Å². The molecule has 2 atom stereocenters. The van der Waals surface area contributed by atoms with Gasteiger partial charge in [-0.25, -0.2) is 0 Å². The fraction of sp³-hybridized carbons (Fsp3) is 1.00. The molecule has 0 aliphatic heterocycles. The van der Waals surface area contributed by atoms with E-state index in [0.717, 1.165) is 19.5 Å². The summed E-state index contributed by atoms with van der Waals surface area (Å²) in [6.45, 7) is 8.46. The molecule has 74 valence electrons. The first-order valence-electron chi connectivity index (χ1n) is 4.63. The van der Waals surface area contributed by atoms with Crippen LogP contribution in [0.4, 0.5) is 0 Å². The maximum atomic E-state index is 9.31. The number of hydrogen-bond acceptors (Lipinski definition) is 2. The number of aliphatic hydroxyl groups excluding tert-OH is 1. The zero-order chi connectivity index (χ0) is 9.56. The Morgan fingerprint density at radius 1 is 1.33 bits per heavy atom. The highest BCUT2D eigenvalue weighted by Gasteiger charge is 2.13. The third kappa shape index (κ3) is 4.29. The van der Waals surface area contributed by atoms with Crippen molar-refractivity contribution in [2.75, 3.05) is 19.0 Å². The Hall–Kier alpha value is 0.210. The normalized spacial score (nSPS) is 16.5. The summed E-state index contributed by atoms with van der Waals surface area (Å²) in [6, 6.07) is 0.425. The van der Waals surface area contributed by atoms with E-state index in [0.29, 0.717) is 11.9 Å². The summed E-state index contributed by atoms with van der Waals surface area (Å²) in [6.07, 6.45) is 0.410. The molecular weight excluding hydrogens is 174 g/mol. The second-order valence-corrected chi connectivity index (χ2v) is 3.42. The van der Waals surface area contributed by atoms with Crippen LogP contribution in [0.2, 0.25) is 0 Å². The van der Waals surface area contributed by atoms with Crippen LogP contribution in [0.5, 0.6) is 0 Å². The number of halogens is 1. The molecule has 0 aromatic heterocycles. The van der Waals surface area contributed by atoms with Crippen molar-refractivity contribution in [2.45, 2.75) is 39.3 Å². The fourth-order valence-corrected chi connectivity index (χ4v) is 1.58. The number of aliphatic hydroxyl groups is 1. The number of rotatable bonds is 6. The van der Waals surface area contributed by atoms with Crippen molar-refractivity contribution in [2.24, 2.45) is 0 Å². The molecule has 0 amide bonds. The van der Waals surface area contributed by atoms with Crippen molar-refractivity contribution in [3.8, 4) is 0 Å². The monoisotopic (exact) mass is 193 g/mol. The zero-order valence-corrected chi connectivity index (χ0v) is 9.01. The van der Waals surface area contributed by atoms with Crippen LogP contribution in [0.15, 0.2) is 0 Å². The van der Waals surface area contributed by atoms with Crippen LogP contribution in [-0.2, 0) is 0 Å². The number of hydrogen-bond donors (Lipinski definition) is 1. The van der Waals surface area contributed by atoms with Crippen LogP contribution < -0.4 is 0 Å². The van der Waals surface area contributed by atoms with Crippen molar-refractivity contribution in [1.82, 2.24) is 4.90 Å². The lowest BCUT2D eigenvalue weighted by molar-refractivity contribution is 0.128. The van der Waals surface area contributed by atoms with Gasteiger partial charge in [0.2, 0.25) is 0 Å². The van der Waals surface area contributed by atoms with Crippen LogP contribution in [0, 0.1) is 0 Å². The van der Waals surface area contributed by atoms with E-state index in [4.69, 9.17) is 11.6 Å². The van der Waals surface area contributed by atoms with Gasteiger partial charge in [-0.3, -0.25) is 0 Å². The highest BCUT2D eigenvalue weighted by molar-refractivity contribution is 6.18. The minimum atomic E-state index is -0.359. The Morgan fingerprint density at radius 2 is 1.83 bits per heavy atom. The first-order valence-corrected chi connectivity index (χ1v) is 5.17. The molecule has 1 N–H and O–H groups in total. The standard InChI is InChI=1S/C9H20ClNO/c1-4-11(5-2)8(3)6-9(12)7-10/h8-9,12H,4-7H2,1-3H3. The van der Waals surface area contributed by atoms with Gasteiger partial charge < -0.3 is 10.0 Å². The van der Waals surface area contributed by atoms with Crippen molar-refractivity contribution < 1.29 is 5.11 Å². The number of alkyl halides is 1. The molecule has 0 aromatic rings. The molecule has 0 saturated carbocycles. The topological polar surface area (TPSA) is 23.5 Å². The Balaban J connectivity index is 3.75. The lowest BCUT2D eigenvalue weighted by Gasteiger charge is -2.27. The van der Waals surface area contributed by atoms with E-state index in [2.05, 4.69) is 25.7 Å². The van der Waals surface area contributed by atoms with Gasteiger partial charge in [0.1, 0.15) is 0 Å². The van der Waals surface area contributed by atoms with E-state index < -0.39 is 0 Å². The molecule has 3 heteroatoms. The molecule has 0 heterocycles. The number of nitrogens with zero attached hydrogens (tertiary/aromatic N) is 1. The Morgan fingerprint density at radius 3 is 2.17 bits per heavy atom. The molecule has 0 spiro atoms. The van der Waals surface area contributed by atoms with Gasteiger partial charge in [-0.2, -0.15) is 0 Å². The van der Waals surface area contributed by atoms with Gasteiger partial charge >= 0.3 is 0 Å². The van der Waals surface area contributed by atoms with Crippen LogP contribution in [0.25, 0.3) is 0 Å². The average molecular weight is 194 g/mol. The molecule has 0 aliphatic carbocycles. The molecule has 0 fully saturated rings. The van der Waals surface area contributed by atoms with Gasteiger partial charge in [0.05, 0.1) is 6.10 Å². The first kappa shape index (κ1) is 12.2. The molecule has 2 unspecified atom stereocenters. The van der Waals surface area contributed by atoms with E-state index in [-0.39, 0.29) is 6.10 Å². The minimum absolute atomic E-state index is 0.339. The predicted octanol–water partition coefficient (Wildman–Crippen LogP) is 1.71. The van der Waals surface area contributed by atoms with Crippen LogP contribution in [0.1, 0.15) is 27.2 Å². The lowest BCUT2D eigenvalue weighted by atomic mass is 10.1. The van der Waals surface area contributed by atoms with E-state index in [1.807, 2.05) is 0 Å². The summed E-state index contributed by atoms with van der Waals surface area (Å²) in [5.41, 5.74) is 0. The molecule has 0 saturated heterocycles. The largest absolute Gasteiger partial charge is 0.392 e. The molecular formula is C9H20ClNO. The maximum absolute atomic E-state index is 9.31. The SMILES string of the molecule is CCN(CC)C(C)CC(O)CCl. The predicted molar refractivity (Wildman–Crippen MR) is 53.7 cm³/mol. The molecule has 0 rings (SSSR count). The summed E-state index contributed by atoms with van der Waals surface area (Å²) in [4.78, 5) is 2.32. The van der Waals surface area contributed by atoms with Gasteiger partial charge in [0.25, 0.3) is 0 Å². The van der Waals surface area contributed by atoms with E-state index in [1.165, 1.54) is 0 Å². The minimum Gasteiger partial charge on any atom is -0.392 e. The van der Waals surface area contributed by atoms with Crippen molar-refractivity contribution >= 4 is 11.6 Å². The Kier molecular flexibility index (Phi) is 6.81. The molecule has 0 bridgehead atoms. The molecule has 0 aromatic carbocycles. The second-order valence-electron chi connectivity index (χ2n) is 3.11. The lowest BCUT2D eigenvalue weighted by Crippen LogP contribution is -2.35. The summed E-state index contributed by atoms with van der Waals surface area (Å²) in [5, 5.41) is 9.31. The van der Waals surface area contributed by atoms with Crippen molar-refractivity contribution in [3.05, 3.63) is 0 Å². The molecule has 0 radical (unpaired) electrons. The Labute approximate surface area is 80.5 Å². The molecule has 0 aliphatic rings. The molecule has 12 heavy (non-hydrogen) atoms. The quantitative estimate of drug-likeness (QED) is 0.650. The third-order valence-corrected chi connectivity index (χ3v) is 2.58. The molecule has 2 nitrogen and oxygen atoms in total. The maximum Gasteiger partial charge on any atom is 0.0690 e. The van der Waals surface area contributed by atoms with Crippen molar-refractivity contribution in [1.29, 1.82) is 0 Å². The van der Waals surface area contributed by atoms with Crippen molar-refractivity contribution in [3.63, 3.8) is 0 Å². The summed E-state index contributed by atoms with van der Waals surface area (Å²) in [7, 11) is 0. The van der Waals surface area contributed by atoms with Crippen LogP contribution in [0.3, 0.4) is 0 Å². The van der Waals surface area contributed by atoms with Gasteiger partial charge in [-0.15, -0.1) is 11.6 Å². The van der Waals surface area contributed by atoms with Gasteiger partial charge in [-0.1, -0.05) is 13.8 Å². The highest BCUT2D eigenvalue weighted by Crippen LogP contribution is 2.07. The zero-order valence-electron chi connectivity index (χ0n) is 8.26. The van der Waals surface area contributed by atoms with Crippen LogP contribution >= 0.6 is 11.6 Å². The van der Waals surface area contributed by atoms with E-state index in [1.54, 1.807) is 0 Å². The summed E-state index contributed by atoms with van der Waals surface area (Å²) >= 11 is 5.52. The first-order chi connectivity index (χ1) is 5.65. The second kappa shape index (κ2) is 6.70. The fourth-order valence-electron chi connectivity index (χ4n) is 1.45. The Bertz CT molecular complexity index is 107. The third-order valence-electron chi connectivity index (χ3n) is 2.23. The summed E-state index contributed by atoms with van der Waals surface area (Å²) in [5.74, 6) is 0.339. The highest BCUT2D eigenvalue weighted by atomic mass is 35.5.